The number of rotatable bonds is 3. The average Bonchev–Trinajstić information content (AvgIpc) is 2.95. The van der Waals surface area contributed by atoms with E-state index in [9.17, 15) is 0 Å². The first-order chi connectivity index (χ1) is 11.1. The van der Waals surface area contributed by atoms with Gasteiger partial charge in [-0.3, -0.25) is 0 Å². The predicted molar refractivity (Wildman–Crippen MR) is 108 cm³/mol. The van der Waals surface area contributed by atoms with Crippen LogP contribution in [0.15, 0.2) is 37.0 Å². The Kier molecular flexibility index (Phi) is 10.1. The summed E-state index contributed by atoms with van der Waals surface area (Å²) in [6.45, 7) is 13.7. The van der Waals surface area contributed by atoms with Crippen molar-refractivity contribution >= 4 is 26.8 Å². The molecule has 0 spiro atoms. The number of piperazine rings is 1. The molecule has 1 aliphatic heterocycles. The standard InChI is InChI=1S/C17H27N2Si.CH3.2ClH.Ti/c1-4-14-13-15-7-5-6-8-16(15)17(14)20(2,3)19-11-9-18-10-12-19;;;;/h4-8,14-17H,1,9-13H2,2-3H3;1H3;2*1H;/q2*-1;;;+2/p-2. The molecule has 6 heteroatoms. The summed E-state index contributed by atoms with van der Waals surface area (Å²) >= 11 is -0.556. The maximum absolute atomic E-state index is 4.89. The summed E-state index contributed by atoms with van der Waals surface area (Å²) in [6.07, 6.45) is 12.9. The predicted octanol–water partition coefficient (Wildman–Crippen LogP) is 5.64. The molecule has 3 rings (SSSR count). The zero-order valence-electron chi connectivity index (χ0n) is 15.1. The number of hydrogen-bond acceptors (Lipinski definition) is 1. The van der Waals surface area contributed by atoms with Crippen LogP contribution in [0.3, 0.4) is 0 Å². The molecule has 0 bridgehead atoms. The molecule has 2 aliphatic carbocycles. The van der Waals surface area contributed by atoms with Crippen molar-refractivity contribution in [2.75, 3.05) is 26.2 Å². The number of fused-ring (bicyclic) bond motifs is 1. The first kappa shape index (κ1) is 22.7. The van der Waals surface area contributed by atoms with E-state index in [2.05, 4.69) is 59.9 Å². The van der Waals surface area contributed by atoms with Crippen molar-refractivity contribution in [2.45, 2.75) is 25.1 Å². The van der Waals surface area contributed by atoms with E-state index in [0.29, 0.717) is 5.92 Å². The van der Waals surface area contributed by atoms with Gasteiger partial charge in [0.15, 0.2) is 0 Å². The Hall–Kier alpha value is 0.651. The van der Waals surface area contributed by atoms with E-state index in [1.165, 1.54) is 19.5 Å². The number of nitrogens with zero attached hydrogens (tertiary/aromatic N) is 2. The van der Waals surface area contributed by atoms with Crippen LogP contribution in [-0.4, -0.2) is 39.0 Å². The topological polar surface area (TPSA) is 17.3 Å². The molecule has 0 aromatic rings. The van der Waals surface area contributed by atoms with Crippen molar-refractivity contribution in [1.29, 1.82) is 0 Å². The molecule has 1 saturated carbocycles. The fraction of sp³-hybridized carbons (Fsp3) is 0.611. The molecule has 0 N–H and O–H groups in total. The van der Waals surface area contributed by atoms with Gasteiger partial charge in [0.05, 0.1) is 0 Å². The van der Waals surface area contributed by atoms with Crippen LogP contribution in [0.4, 0.5) is 0 Å². The third-order valence-corrected chi connectivity index (χ3v) is 10.2. The summed E-state index contributed by atoms with van der Waals surface area (Å²) < 4.78 is 2.80. The van der Waals surface area contributed by atoms with Crippen LogP contribution in [0.2, 0.25) is 18.6 Å². The Morgan fingerprint density at radius 2 is 1.79 bits per heavy atom. The van der Waals surface area contributed by atoms with Gasteiger partial charge in [0, 0.05) is 0 Å². The van der Waals surface area contributed by atoms with Gasteiger partial charge >= 0.3 is 35.6 Å². The Labute approximate surface area is 166 Å². The van der Waals surface area contributed by atoms with E-state index in [-0.39, 0.29) is 7.43 Å². The summed E-state index contributed by atoms with van der Waals surface area (Å²) in [4.78, 5) is 0. The van der Waals surface area contributed by atoms with Crippen molar-refractivity contribution in [3.8, 4) is 0 Å². The van der Waals surface area contributed by atoms with Crippen molar-refractivity contribution in [2.24, 2.45) is 17.8 Å². The molecule has 0 amide bonds. The summed E-state index contributed by atoms with van der Waals surface area (Å²) in [5.74, 6) is 2.18. The summed E-state index contributed by atoms with van der Waals surface area (Å²) in [5, 5.41) is 4.52. The van der Waals surface area contributed by atoms with Crippen LogP contribution in [0.25, 0.3) is 5.32 Å². The number of halogens is 2. The van der Waals surface area contributed by atoms with E-state index < -0.39 is 25.3 Å². The van der Waals surface area contributed by atoms with Gasteiger partial charge in [-0.2, -0.15) is 0 Å². The molecule has 0 radical (unpaired) electrons. The van der Waals surface area contributed by atoms with Crippen LogP contribution in [0.1, 0.15) is 6.42 Å². The van der Waals surface area contributed by atoms with Gasteiger partial charge in [0.2, 0.25) is 0 Å². The maximum atomic E-state index is 4.89. The summed E-state index contributed by atoms with van der Waals surface area (Å²) in [7, 11) is 8.33. The molecule has 4 atom stereocenters. The van der Waals surface area contributed by atoms with E-state index in [0.717, 1.165) is 30.5 Å². The number of hydrogen-bond donors (Lipinski definition) is 0. The van der Waals surface area contributed by atoms with Gasteiger partial charge in [0.25, 0.3) is 0 Å². The fourth-order valence-corrected chi connectivity index (χ4v) is 9.06. The van der Waals surface area contributed by atoms with E-state index in [1.807, 2.05) is 0 Å². The van der Waals surface area contributed by atoms with E-state index in [1.54, 1.807) is 0 Å². The van der Waals surface area contributed by atoms with Crippen LogP contribution in [0.5, 0.6) is 0 Å². The van der Waals surface area contributed by atoms with Crippen LogP contribution in [-0.2, 0) is 17.0 Å². The second-order valence-electron chi connectivity index (χ2n) is 7.06. The van der Waals surface area contributed by atoms with Crippen molar-refractivity contribution in [3.05, 3.63) is 49.7 Å². The molecule has 2 nitrogen and oxygen atoms in total. The van der Waals surface area contributed by atoms with Crippen molar-refractivity contribution < 1.29 is 17.0 Å². The Morgan fingerprint density at radius 3 is 2.38 bits per heavy atom. The third-order valence-electron chi connectivity index (χ3n) is 5.71. The van der Waals surface area contributed by atoms with Crippen LogP contribution >= 0.6 is 18.6 Å². The van der Waals surface area contributed by atoms with E-state index >= 15 is 0 Å². The van der Waals surface area contributed by atoms with E-state index in [4.69, 9.17) is 18.6 Å². The van der Waals surface area contributed by atoms with Gasteiger partial charge < -0.3 is 17.3 Å². The van der Waals surface area contributed by atoms with Crippen molar-refractivity contribution in [1.82, 2.24) is 4.57 Å². The minimum absolute atomic E-state index is 0. The Balaban J connectivity index is 0.000000671. The Morgan fingerprint density at radius 1 is 1.21 bits per heavy atom. The van der Waals surface area contributed by atoms with Gasteiger partial charge in [0.1, 0.15) is 8.24 Å². The molecule has 0 aromatic carbocycles. The normalized spacial score (nSPS) is 32.2. The molecule has 3 aliphatic rings. The van der Waals surface area contributed by atoms with Crippen molar-refractivity contribution in [3.63, 3.8) is 0 Å². The third kappa shape index (κ3) is 5.10. The molecular weight excluding hydrogens is 391 g/mol. The summed E-state index contributed by atoms with van der Waals surface area (Å²) in [6, 6.07) is 0. The zero-order valence-corrected chi connectivity index (χ0v) is 19.2. The van der Waals surface area contributed by atoms with Gasteiger partial charge in [-0.05, 0) is 42.8 Å². The van der Waals surface area contributed by atoms with Gasteiger partial charge in [-0.15, -0.1) is 19.7 Å². The number of allylic oxidation sites excluding steroid dienone is 5. The fourth-order valence-electron chi connectivity index (χ4n) is 4.67. The first-order valence-electron chi connectivity index (χ1n) is 8.38. The minimum atomic E-state index is -1.44. The molecular formula is C18H30Cl2N2SiTi-2. The molecule has 136 valence electrons. The first-order valence-corrected chi connectivity index (χ1v) is 15.7. The quantitative estimate of drug-likeness (QED) is 0.328. The molecule has 0 aromatic heterocycles. The molecule has 1 heterocycles. The average molecular weight is 421 g/mol. The van der Waals surface area contributed by atoms with Crippen LogP contribution in [0, 0.1) is 25.2 Å². The molecule has 24 heavy (non-hydrogen) atoms. The molecule has 1 saturated heterocycles. The van der Waals surface area contributed by atoms with Gasteiger partial charge in [-0.25, -0.2) is 0 Å². The monoisotopic (exact) mass is 420 g/mol. The second kappa shape index (κ2) is 10.7. The summed E-state index contributed by atoms with van der Waals surface area (Å²) in [5.41, 5.74) is 0.810. The Bertz CT molecular complexity index is 450. The zero-order chi connectivity index (χ0) is 16.9. The SMILES string of the molecule is C=CC1CC2C=CC=CC2C1[Si](C)(C)N1CC[N-]CC1.[CH3-].[Cl][Ti][Cl]. The van der Waals surface area contributed by atoms with Crippen LogP contribution < -0.4 is 0 Å². The molecule has 4 unspecified atom stereocenters. The van der Waals surface area contributed by atoms with Gasteiger partial charge in [-0.1, -0.05) is 43.5 Å². The second-order valence-corrected chi connectivity index (χ2v) is 14.2. The molecule has 2 fully saturated rings.